The summed E-state index contributed by atoms with van der Waals surface area (Å²) in [5.74, 6) is -2.12. The minimum Gasteiger partial charge on any atom is -0.436 e. The summed E-state index contributed by atoms with van der Waals surface area (Å²) >= 11 is 0. The fraction of sp³-hybridized carbons (Fsp3) is 0.227. The number of rotatable bonds is 5. The van der Waals surface area contributed by atoms with Gasteiger partial charge in [0.15, 0.2) is 5.75 Å². The van der Waals surface area contributed by atoms with Crippen molar-refractivity contribution in [3.63, 3.8) is 0 Å². The number of carbonyl (C=O) groups is 1. The lowest BCUT2D eigenvalue weighted by molar-refractivity contribution is -0.138. The number of carbonyl (C=O) groups excluding carboxylic acids is 1. The first-order valence-electron chi connectivity index (χ1n) is 9.73. The molecule has 3 rings (SSSR count). The average Bonchev–Trinajstić information content (AvgIpc) is 2.75. The summed E-state index contributed by atoms with van der Waals surface area (Å²) in [7, 11) is -1.32. The summed E-state index contributed by atoms with van der Waals surface area (Å²) in [6.07, 6.45) is -2.79. The molecule has 34 heavy (non-hydrogen) atoms. The molecule has 180 valence electrons. The molecule has 0 fully saturated rings. The van der Waals surface area contributed by atoms with Gasteiger partial charge in [-0.15, -0.1) is 0 Å². The van der Waals surface area contributed by atoms with Crippen LogP contribution in [-0.4, -0.2) is 33.4 Å². The van der Waals surface area contributed by atoms with E-state index in [1.807, 2.05) is 0 Å². The van der Waals surface area contributed by atoms with Crippen LogP contribution in [-0.2, 0) is 15.9 Å². The van der Waals surface area contributed by atoms with Crippen LogP contribution in [0.4, 0.5) is 23.2 Å². The van der Waals surface area contributed by atoms with E-state index in [0.29, 0.717) is 11.1 Å². The van der Waals surface area contributed by atoms with Crippen LogP contribution in [0.1, 0.15) is 27.2 Å². The van der Waals surface area contributed by atoms with Gasteiger partial charge in [-0.1, -0.05) is 6.07 Å². The van der Waals surface area contributed by atoms with Gasteiger partial charge in [-0.25, -0.2) is 18.5 Å². The predicted molar refractivity (Wildman–Crippen MR) is 118 cm³/mol. The number of aryl methyl sites for hydroxylation is 1. The number of ether oxygens (including phenoxy) is 1. The van der Waals surface area contributed by atoms with Gasteiger partial charge in [0.25, 0.3) is 5.91 Å². The third kappa shape index (κ3) is 5.33. The smallest absolute Gasteiger partial charge is 0.418 e. The Bertz CT molecular complexity index is 1380. The van der Waals surface area contributed by atoms with Crippen LogP contribution < -0.4 is 10.1 Å². The number of alkyl halides is 3. The summed E-state index contributed by atoms with van der Waals surface area (Å²) in [6, 6.07) is 8.22. The second kappa shape index (κ2) is 9.37. The van der Waals surface area contributed by atoms with Crippen molar-refractivity contribution in [3.05, 3.63) is 70.9 Å². The molecular weight excluding hydrogens is 476 g/mol. The molecule has 1 aromatic carbocycles. The van der Waals surface area contributed by atoms with Crippen LogP contribution in [0, 0.1) is 19.8 Å². The molecule has 2 heterocycles. The van der Waals surface area contributed by atoms with Crippen molar-refractivity contribution in [2.45, 2.75) is 24.9 Å². The summed E-state index contributed by atoms with van der Waals surface area (Å²) in [5, 5.41) is 2.50. The van der Waals surface area contributed by atoms with Crippen molar-refractivity contribution >= 4 is 21.3 Å². The largest absolute Gasteiger partial charge is 0.436 e. The Morgan fingerprint density at radius 2 is 1.88 bits per heavy atom. The molecule has 0 aliphatic heterocycles. The molecule has 0 bridgehead atoms. The van der Waals surface area contributed by atoms with E-state index in [1.54, 1.807) is 6.07 Å². The van der Waals surface area contributed by atoms with Gasteiger partial charge < -0.3 is 10.1 Å². The lowest BCUT2D eigenvalue weighted by Crippen LogP contribution is -2.19. The standard InChI is InChI=1S/C22H20F4N4O3S/c1-12-16(22(24,25)26)11-28-21(33-17-8-9-18(23)29-13(17)2)19(12)20(31)30-14-6-5-7-15(10-14)34(4,32)27-3/h5-11H,1-4H3,(H,30,31)/t34-/m1/s1. The first-order chi connectivity index (χ1) is 15.8. The molecule has 12 heteroatoms. The number of benzene rings is 1. The number of amides is 1. The lowest BCUT2D eigenvalue weighted by Gasteiger charge is -2.17. The Hall–Kier alpha value is -3.54. The van der Waals surface area contributed by atoms with Gasteiger partial charge in [0, 0.05) is 30.1 Å². The average molecular weight is 496 g/mol. The van der Waals surface area contributed by atoms with E-state index >= 15 is 0 Å². The molecule has 0 unspecified atom stereocenters. The Morgan fingerprint density at radius 1 is 1.18 bits per heavy atom. The predicted octanol–water partition coefficient (Wildman–Crippen LogP) is 5.38. The van der Waals surface area contributed by atoms with Gasteiger partial charge >= 0.3 is 6.18 Å². The zero-order valence-electron chi connectivity index (χ0n) is 18.5. The van der Waals surface area contributed by atoms with E-state index in [1.165, 1.54) is 44.5 Å². The van der Waals surface area contributed by atoms with Crippen molar-refractivity contribution in [1.29, 1.82) is 0 Å². The molecule has 3 aromatic rings. The number of hydrogen-bond donors (Lipinski definition) is 1. The molecule has 1 amide bonds. The Kier molecular flexibility index (Phi) is 6.92. The summed E-state index contributed by atoms with van der Waals surface area (Å²) < 4.78 is 75.7. The highest BCUT2D eigenvalue weighted by atomic mass is 32.2. The van der Waals surface area contributed by atoms with E-state index in [9.17, 15) is 26.6 Å². The number of anilines is 1. The first-order valence-corrected chi connectivity index (χ1v) is 11.7. The van der Waals surface area contributed by atoms with Gasteiger partial charge in [0.1, 0.15) is 5.56 Å². The zero-order chi connectivity index (χ0) is 25.3. The quantitative estimate of drug-likeness (QED) is 0.378. The molecule has 7 nitrogen and oxygen atoms in total. The number of halogens is 4. The van der Waals surface area contributed by atoms with Crippen molar-refractivity contribution < 1.29 is 31.3 Å². The molecule has 1 N–H and O–H groups in total. The number of nitrogens with zero attached hydrogens (tertiary/aromatic N) is 3. The van der Waals surface area contributed by atoms with E-state index in [2.05, 4.69) is 19.6 Å². The highest BCUT2D eigenvalue weighted by Gasteiger charge is 2.36. The Morgan fingerprint density at radius 3 is 2.50 bits per heavy atom. The number of nitrogens with one attached hydrogen (secondary N) is 1. The van der Waals surface area contributed by atoms with Crippen molar-refractivity contribution in [3.8, 4) is 11.6 Å². The summed E-state index contributed by atoms with van der Waals surface area (Å²) in [4.78, 5) is 20.8. The van der Waals surface area contributed by atoms with Crippen molar-refractivity contribution in [2.75, 3.05) is 18.6 Å². The lowest BCUT2D eigenvalue weighted by atomic mass is 10.0. The highest BCUT2D eigenvalue weighted by molar-refractivity contribution is 7.93. The van der Waals surface area contributed by atoms with Gasteiger partial charge in [-0.2, -0.15) is 17.6 Å². The van der Waals surface area contributed by atoms with Gasteiger partial charge in [0.05, 0.1) is 21.0 Å². The SMILES string of the molecule is CN=[S@](C)(=O)c1cccc(NC(=O)c2c(Oc3ccc(F)nc3C)ncc(C(F)(F)F)c2C)c1. The molecular formula is C22H20F4N4O3S. The number of pyridine rings is 2. The maximum atomic E-state index is 13.5. The minimum atomic E-state index is -4.77. The van der Waals surface area contributed by atoms with E-state index in [-0.39, 0.29) is 17.1 Å². The van der Waals surface area contributed by atoms with Gasteiger partial charge in [-0.3, -0.25) is 4.79 Å². The zero-order valence-corrected chi connectivity index (χ0v) is 19.3. The van der Waals surface area contributed by atoms with Crippen LogP contribution in [0.2, 0.25) is 0 Å². The fourth-order valence-electron chi connectivity index (χ4n) is 3.05. The maximum Gasteiger partial charge on any atom is 0.418 e. The van der Waals surface area contributed by atoms with Crippen molar-refractivity contribution in [2.24, 2.45) is 4.36 Å². The molecule has 1 atom stereocenters. The second-order valence-corrected chi connectivity index (χ2v) is 9.70. The third-order valence-electron chi connectivity index (χ3n) is 4.92. The molecule has 0 saturated carbocycles. The minimum absolute atomic E-state index is 0.0133. The topological polar surface area (TPSA) is 93.5 Å². The van der Waals surface area contributed by atoms with Crippen LogP contribution in [0.15, 0.2) is 51.9 Å². The maximum absolute atomic E-state index is 13.5. The molecule has 0 aliphatic carbocycles. The molecule has 0 saturated heterocycles. The molecule has 0 radical (unpaired) electrons. The Labute approximate surface area is 193 Å². The van der Waals surface area contributed by atoms with Crippen LogP contribution >= 0.6 is 0 Å². The normalized spacial score (nSPS) is 13.2. The van der Waals surface area contributed by atoms with E-state index in [0.717, 1.165) is 13.0 Å². The van der Waals surface area contributed by atoms with Crippen LogP contribution in [0.5, 0.6) is 11.6 Å². The molecule has 0 aliphatic rings. The van der Waals surface area contributed by atoms with Crippen LogP contribution in [0.25, 0.3) is 0 Å². The summed E-state index contributed by atoms with van der Waals surface area (Å²) in [5.41, 5.74) is -1.71. The summed E-state index contributed by atoms with van der Waals surface area (Å²) in [6.45, 7) is 2.55. The monoisotopic (exact) mass is 496 g/mol. The fourth-order valence-corrected chi connectivity index (χ4v) is 3.94. The molecule has 2 aromatic heterocycles. The Balaban J connectivity index is 2.08. The number of aromatic nitrogens is 2. The second-order valence-electron chi connectivity index (χ2n) is 7.26. The highest BCUT2D eigenvalue weighted by Crippen LogP contribution is 2.37. The molecule has 0 spiro atoms. The van der Waals surface area contributed by atoms with Crippen molar-refractivity contribution in [1.82, 2.24) is 9.97 Å². The van der Waals surface area contributed by atoms with E-state index < -0.39 is 50.3 Å². The first kappa shape index (κ1) is 25.1. The third-order valence-corrected chi connectivity index (χ3v) is 6.75. The van der Waals surface area contributed by atoms with Gasteiger partial charge in [-0.05, 0) is 49.7 Å². The van der Waals surface area contributed by atoms with E-state index in [4.69, 9.17) is 4.74 Å². The number of hydrogen-bond acceptors (Lipinski definition) is 6. The van der Waals surface area contributed by atoms with Gasteiger partial charge in [0.2, 0.25) is 11.8 Å². The van der Waals surface area contributed by atoms with Crippen LogP contribution in [0.3, 0.4) is 0 Å².